The number of H-pyrrole nitrogens is 1. The fourth-order valence-corrected chi connectivity index (χ4v) is 5.11. The summed E-state index contributed by atoms with van der Waals surface area (Å²) in [6.07, 6.45) is 5.78. The molecule has 1 aromatic carbocycles. The van der Waals surface area contributed by atoms with E-state index in [2.05, 4.69) is 24.8 Å². The second kappa shape index (κ2) is 11.4. The standard InChI is InChI=1S/C32H28F3N5O2/c1-32(34,35)25-10-21(17-36-19-25)12-26(41)11-20-2-3-27(28(33)13-20)24-14-23-15-29(39-31(23)38-18-24)22-4-5-37-30(16-22)40-6-8-42-9-7-40/h2-5,10,13-19H,6-9,11-12H2,1H3,(H,38,39). The average Bonchev–Trinajstić information content (AvgIpc) is 3.41. The van der Waals surface area contributed by atoms with Crippen molar-refractivity contribution in [3.8, 4) is 22.4 Å². The first-order valence-corrected chi connectivity index (χ1v) is 13.6. The highest BCUT2D eigenvalue weighted by atomic mass is 19.3. The van der Waals surface area contributed by atoms with Gasteiger partial charge in [-0.25, -0.2) is 23.1 Å². The number of nitrogens with one attached hydrogen (secondary N) is 1. The van der Waals surface area contributed by atoms with Gasteiger partial charge in [0.05, 0.1) is 13.2 Å². The van der Waals surface area contributed by atoms with Crippen LogP contribution in [0.5, 0.6) is 0 Å². The van der Waals surface area contributed by atoms with Crippen molar-refractivity contribution in [2.75, 3.05) is 31.2 Å². The number of fused-ring (bicyclic) bond motifs is 1. The predicted molar refractivity (Wildman–Crippen MR) is 154 cm³/mol. The molecule has 1 saturated heterocycles. The number of hydrogen-bond acceptors (Lipinski definition) is 6. The lowest BCUT2D eigenvalue weighted by Crippen LogP contribution is -2.36. The molecule has 0 radical (unpaired) electrons. The van der Waals surface area contributed by atoms with Crippen molar-refractivity contribution in [2.24, 2.45) is 0 Å². The molecule has 4 aromatic heterocycles. The SMILES string of the molecule is CC(F)(F)c1cncc(CC(=O)Cc2ccc(-c3cnc4[nH]c(-c5ccnc(N6CCOCC6)c5)cc4c3)c(F)c2)c1. The number of ether oxygens (including phenoxy) is 1. The number of benzene rings is 1. The molecule has 214 valence electrons. The van der Waals surface area contributed by atoms with E-state index in [1.165, 1.54) is 18.3 Å². The van der Waals surface area contributed by atoms with Crippen molar-refractivity contribution in [2.45, 2.75) is 25.7 Å². The molecule has 0 saturated carbocycles. The summed E-state index contributed by atoms with van der Waals surface area (Å²) >= 11 is 0. The van der Waals surface area contributed by atoms with Crippen LogP contribution in [0.15, 0.2) is 73.3 Å². The number of ketones is 1. The van der Waals surface area contributed by atoms with Gasteiger partial charge < -0.3 is 14.6 Å². The zero-order chi connectivity index (χ0) is 29.3. The van der Waals surface area contributed by atoms with Crippen molar-refractivity contribution in [3.63, 3.8) is 0 Å². The molecule has 0 aliphatic carbocycles. The first-order valence-electron chi connectivity index (χ1n) is 13.6. The van der Waals surface area contributed by atoms with Crippen molar-refractivity contribution < 1.29 is 22.7 Å². The summed E-state index contributed by atoms with van der Waals surface area (Å²) in [7, 11) is 0. The van der Waals surface area contributed by atoms with Crippen LogP contribution >= 0.6 is 0 Å². The summed E-state index contributed by atoms with van der Waals surface area (Å²) in [6, 6.07) is 13.8. The van der Waals surface area contributed by atoms with Crippen LogP contribution in [0.2, 0.25) is 0 Å². The summed E-state index contributed by atoms with van der Waals surface area (Å²) in [5.74, 6) is -2.86. The topological polar surface area (TPSA) is 84.0 Å². The Morgan fingerprint density at radius 3 is 2.55 bits per heavy atom. The Bertz CT molecular complexity index is 1760. The van der Waals surface area contributed by atoms with Gasteiger partial charge in [-0.3, -0.25) is 9.78 Å². The Hall–Kier alpha value is -4.57. The highest BCUT2D eigenvalue weighted by Gasteiger charge is 2.25. The first-order chi connectivity index (χ1) is 20.2. The van der Waals surface area contributed by atoms with E-state index in [9.17, 15) is 13.6 Å². The molecule has 0 atom stereocenters. The van der Waals surface area contributed by atoms with Crippen molar-refractivity contribution in [1.29, 1.82) is 0 Å². The minimum atomic E-state index is -3.05. The van der Waals surface area contributed by atoms with E-state index in [1.54, 1.807) is 24.5 Å². The van der Waals surface area contributed by atoms with E-state index >= 15 is 4.39 Å². The van der Waals surface area contributed by atoms with E-state index in [4.69, 9.17) is 4.74 Å². The number of aromatic amines is 1. The molecule has 0 bridgehead atoms. The highest BCUT2D eigenvalue weighted by Crippen LogP contribution is 2.30. The largest absolute Gasteiger partial charge is 0.378 e. The molecule has 42 heavy (non-hydrogen) atoms. The van der Waals surface area contributed by atoms with Crippen molar-refractivity contribution in [3.05, 3.63) is 95.8 Å². The zero-order valence-electron chi connectivity index (χ0n) is 22.9. The van der Waals surface area contributed by atoms with Gasteiger partial charge in [0.2, 0.25) is 0 Å². The number of carbonyl (C=O) groups is 1. The van der Waals surface area contributed by atoms with Gasteiger partial charge in [0.25, 0.3) is 5.92 Å². The lowest BCUT2D eigenvalue weighted by Gasteiger charge is -2.27. The lowest BCUT2D eigenvalue weighted by atomic mass is 9.99. The smallest absolute Gasteiger partial charge is 0.272 e. The Labute approximate surface area is 240 Å². The van der Waals surface area contributed by atoms with Gasteiger partial charge >= 0.3 is 0 Å². The molecule has 5 aromatic rings. The molecule has 6 rings (SSSR count). The minimum Gasteiger partial charge on any atom is -0.378 e. The van der Waals surface area contributed by atoms with Crippen LogP contribution in [-0.2, 0) is 28.3 Å². The number of halogens is 3. The maximum atomic E-state index is 15.2. The quantitative estimate of drug-likeness (QED) is 0.241. The Balaban J connectivity index is 1.18. The molecule has 1 fully saturated rings. The van der Waals surface area contributed by atoms with Gasteiger partial charge in [0.15, 0.2) is 0 Å². The summed E-state index contributed by atoms with van der Waals surface area (Å²) in [6.45, 7) is 3.71. The molecule has 0 amide bonds. The summed E-state index contributed by atoms with van der Waals surface area (Å²) in [5.41, 5.74) is 4.15. The third kappa shape index (κ3) is 6.03. The molecule has 0 spiro atoms. The molecule has 0 unspecified atom stereocenters. The summed E-state index contributed by atoms with van der Waals surface area (Å²) < 4.78 is 47.9. The zero-order valence-corrected chi connectivity index (χ0v) is 22.9. The molecular formula is C32H28F3N5O2. The average molecular weight is 572 g/mol. The third-order valence-electron chi connectivity index (χ3n) is 7.31. The maximum absolute atomic E-state index is 15.2. The van der Waals surface area contributed by atoms with Crippen LogP contribution < -0.4 is 4.90 Å². The maximum Gasteiger partial charge on any atom is 0.272 e. The molecule has 1 aliphatic heterocycles. The number of aromatic nitrogens is 4. The molecule has 10 heteroatoms. The van der Waals surface area contributed by atoms with E-state index in [-0.39, 0.29) is 24.2 Å². The Morgan fingerprint density at radius 1 is 0.952 bits per heavy atom. The number of carbonyl (C=O) groups excluding carboxylic acids is 1. The molecule has 1 aliphatic rings. The van der Waals surface area contributed by atoms with Gasteiger partial charge in [0, 0.05) is 91.0 Å². The van der Waals surface area contributed by atoms with Gasteiger partial charge in [0.1, 0.15) is 23.1 Å². The van der Waals surface area contributed by atoms with Gasteiger partial charge in [-0.05, 0) is 47.5 Å². The normalized spacial score (nSPS) is 14.0. The van der Waals surface area contributed by atoms with Crippen LogP contribution in [0.1, 0.15) is 23.6 Å². The summed E-state index contributed by atoms with van der Waals surface area (Å²) in [4.78, 5) is 31.0. The Morgan fingerprint density at radius 2 is 1.76 bits per heavy atom. The number of rotatable bonds is 8. The fourth-order valence-electron chi connectivity index (χ4n) is 5.11. The number of morpholine rings is 1. The van der Waals surface area contributed by atoms with Crippen molar-refractivity contribution in [1.82, 2.24) is 19.9 Å². The second-order valence-electron chi connectivity index (χ2n) is 10.5. The number of Topliss-reactive ketones (excluding diaryl/α,β-unsaturated/α-hetero) is 1. The minimum absolute atomic E-state index is 0.0270. The number of anilines is 1. The first kappa shape index (κ1) is 27.6. The van der Waals surface area contributed by atoms with Crippen LogP contribution in [0.4, 0.5) is 19.0 Å². The predicted octanol–water partition coefficient (Wildman–Crippen LogP) is 6.13. The van der Waals surface area contributed by atoms with Crippen LogP contribution in [0.25, 0.3) is 33.4 Å². The van der Waals surface area contributed by atoms with Gasteiger partial charge in [-0.15, -0.1) is 0 Å². The van der Waals surface area contributed by atoms with E-state index < -0.39 is 11.7 Å². The fraction of sp³-hybridized carbons (Fsp3) is 0.250. The number of nitrogens with zero attached hydrogens (tertiary/aromatic N) is 4. The molecule has 5 heterocycles. The number of pyridine rings is 3. The van der Waals surface area contributed by atoms with E-state index in [0.29, 0.717) is 41.1 Å². The number of alkyl halides is 2. The Kier molecular flexibility index (Phi) is 7.47. The van der Waals surface area contributed by atoms with Gasteiger partial charge in [-0.1, -0.05) is 12.1 Å². The highest BCUT2D eigenvalue weighted by molar-refractivity contribution is 5.87. The van der Waals surface area contributed by atoms with E-state index in [0.717, 1.165) is 48.7 Å². The lowest BCUT2D eigenvalue weighted by molar-refractivity contribution is -0.117. The molecule has 7 nitrogen and oxygen atoms in total. The van der Waals surface area contributed by atoms with Gasteiger partial charge in [-0.2, -0.15) is 0 Å². The second-order valence-corrected chi connectivity index (χ2v) is 10.5. The summed E-state index contributed by atoms with van der Waals surface area (Å²) in [5, 5.41) is 0.833. The molecular weight excluding hydrogens is 543 g/mol. The van der Waals surface area contributed by atoms with Crippen LogP contribution in [0.3, 0.4) is 0 Å². The van der Waals surface area contributed by atoms with Crippen LogP contribution in [0, 0.1) is 5.82 Å². The monoisotopic (exact) mass is 571 g/mol. The molecule has 1 N–H and O–H groups in total. The van der Waals surface area contributed by atoms with Crippen LogP contribution in [-0.4, -0.2) is 52.0 Å². The van der Waals surface area contributed by atoms with Crippen molar-refractivity contribution >= 4 is 22.6 Å². The van der Waals surface area contributed by atoms with E-state index in [1.807, 2.05) is 24.3 Å². The number of hydrogen-bond donors (Lipinski definition) is 1. The third-order valence-corrected chi connectivity index (χ3v) is 7.31.